The molecule has 0 atom stereocenters. The fourth-order valence-electron chi connectivity index (χ4n) is 2.25. The number of carbonyl (C=O) groups is 1. The van der Waals surface area contributed by atoms with Crippen LogP contribution < -0.4 is 10.5 Å². The monoisotopic (exact) mass is 285 g/mol. The summed E-state index contributed by atoms with van der Waals surface area (Å²) in [5.74, 6) is -0.242. The topological polar surface area (TPSA) is 52.3 Å². The number of hydrogen-bond donors (Lipinski definition) is 1. The molecule has 0 radical (unpaired) electrons. The van der Waals surface area contributed by atoms with Crippen LogP contribution in [0.2, 0.25) is 0 Å². The molecule has 2 aromatic rings. The van der Waals surface area contributed by atoms with Gasteiger partial charge in [0.15, 0.2) is 11.6 Å². The van der Waals surface area contributed by atoms with Crippen LogP contribution >= 0.6 is 0 Å². The Morgan fingerprint density at radius 2 is 1.86 bits per heavy atom. The maximum absolute atomic E-state index is 14.1. The zero-order chi connectivity index (χ0) is 15.0. The van der Waals surface area contributed by atoms with E-state index in [2.05, 4.69) is 6.92 Å². The molecule has 0 bridgehead atoms. The van der Waals surface area contributed by atoms with Crippen molar-refractivity contribution in [2.75, 3.05) is 0 Å². The summed E-state index contributed by atoms with van der Waals surface area (Å²) in [4.78, 5) is 11.0. The van der Waals surface area contributed by atoms with Gasteiger partial charge >= 0.3 is 0 Å². The van der Waals surface area contributed by atoms with Gasteiger partial charge in [0.1, 0.15) is 5.75 Å². The standard InChI is InChI=1S/C17H16FNO2/c1-17(8-9-17)12-4-7-15(14(18)10-12)21-13-5-2-11(3-6-13)16(19)20/h2-7,10H,8-9H2,1H3,(H2,19,20). The molecule has 1 aliphatic rings. The molecular weight excluding hydrogens is 269 g/mol. The molecule has 1 saturated carbocycles. The van der Waals surface area contributed by atoms with Crippen LogP contribution in [0.3, 0.4) is 0 Å². The lowest BCUT2D eigenvalue weighted by Crippen LogP contribution is -2.10. The fourth-order valence-corrected chi connectivity index (χ4v) is 2.25. The predicted octanol–water partition coefficient (Wildman–Crippen LogP) is 3.77. The Morgan fingerprint density at radius 3 is 2.38 bits per heavy atom. The largest absolute Gasteiger partial charge is 0.454 e. The molecule has 0 aromatic heterocycles. The molecule has 0 unspecified atom stereocenters. The van der Waals surface area contributed by atoms with Crippen LogP contribution in [0.4, 0.5) is 4.39 Å². The van der Waals surface area contributed by atoms with E-state index in [1.807, 2.05) is 6.07 Å². The molecule has 1 amide bonds. The van der Waals surface area contributed by atoms with Crippen molar-refractivity contribution >= 4 is 5.91 Å². The van der Waals surface area contributed by atoms with Gasteiger partial charge in [-0.25, -0.2) is 4.39 Å². The predicted molar refractivity (Wildman–Crippen MR) is 78.0 cm³/mol. The average molecular weight is 285 g/mol. The smallest absolute Gasteiger partial charge is 0.248 e. The zero-order valence-corrected chi connectivity index (χ0v) is 11.7. The molecule has 3 nitrogen and oxygen atoms in total. The number of nitrogens with two attached hydrogens (primary N) is 1. The first kappa shape index (κ1) is 13.6. The van der Waals surface area contributed by atoms with Crippen molar-refractivity contribution in [2.45, 2.75) is 25.2 Å². The van der Waals surface area contributed by atoms with Crippen LogP contribution in [0.5, 0.6) is 11.5 Å². The second-order valence-electron chi connectivity index (χ2n) is 5.70. The molecule has 3 rings (SSSR count). The third kappa shape index (κ3) is 2.75. The molecule has 1 aliphatic carbocycles. The number of ether oxygens (including phenoxy) is 1. The van der Waals surface area contributed by atoms with Gasteiger partial charge in [0.2, 0.25) is 5.91 Å². The van der Waals surface area contributed by atoms with Crippen molar-refractivity contribution < 1.29 is 13.9 Å². The molecule has 108 valence electrons. The van der Waals surface area contributed by atoms with Gasteiger partial charge in [-0.3, -0.25) is 4.79 Å². The first-order valence-corrected chi connectivity index (χ1v) is 6.86. The highest BCUT2D eigenvalue weighted by Crippen LogP contribution is 2.48. The number of amides is 1. The number of primary amides is 1. The van der Waals surface area contributed by atoms with Gasteiger partial charge in [0.25, 0.3) is 0 Å². The molecule has 0 heterocycles. The fraction of sp³-hybridized carbons (Fsp3) is 0.235. The van der Waals surface area contributed by atoms with Crippen molar-refractivity contribution in [3.63, 3.8) is 0 Å². The average Bonchev–Trinajstić information content (AvgIpc) is 3.21. The van der Waals surface area contributed by atoms with Gasteiger partial charge in [-0.15, -0.1) is 0 Å². The van der Waals surface area contributed by atoms with E-state index < -0.39 is 5.91 Å². The van der Waals surface area contributed by atoms with Gasteiger partial charge in [0, 0.05) is 5.56 Å². The van der Waals surface area contributed by atoms with Crippen molar-refractivity contribution in [3.8, 4) is 11.5 Å². The minimum absolute atomic E-state index is 0.127. The molecule has 0 spiro atoms. The summed E-state index contributed by atoms with van der Waals surface area (Å²) in [6, 6.07) is 11.4. The van der Waals surface area contributed by atoms with Crippen LogP contribution in [-0.4, -0.2) is 5.91 Å². The van der Waals surface area contributed by atoms with E-state index in [1.54, 1.807) is 36.4 Å². The van der Waals surface area contributed by atoms with E-state index >= 15 is 0 Å². The number of benzene rings is 2. The van der Waals surface area contributed by atoms with Crippen LogP contribution in [0.25, 0.3) is 0 Å². The highest BCUT2D eigenvalue weighted by atomic mass is 19.1. The molecule has 21 heavy (non-hydrogen) atoms. The summed E-state index contributed by atoms with van der Waals surface area (Å²) >= 11 is 0. The lowest BCUT2D eigenvalue weighted by molar-refractivity contribution is 0.100. The third-order valence-corrected chi connectivity index (χ3v) is 4.00. The lowest BCUT2D eigenvalue weighted by atomic mass is 9.98. The Bertz CT molecular complexity index is 690. The van der Waals surface area contributed by atoms with Crippen LogP contribution in [0.15, 0.2) is 42.5 Å². The molecule has 2 N–H and O–H groups in total. The Hall–Kier alpha value is -2.36. The van der Waals surface area contributed by atoms with Crippen molar-refractivity contribution in [1.29, 1.82) is 0 Å². The van der Waals surface area contributed by atoms with E-state index in [0.717, 1.165) is 18.4 Å². The number of rotatable bonds is 4. The quantitative estimate of drug-likeness (QED) is 0.929. The number of hydrogen-bond acceptors (Lipinski definition) is 2. The molecule has 2 aromatic carbocycles. The molecule has 4 heteroatoms. The summed E-state index contributed by atoms with van der Waals surface area (Å²) in [5.41, 5.74) is 6.69. The first-order chi connectivity index (χ1) is 9.98. The Morgan fingerprint density at radius 1 is 1.19 bits per heavy atom. The van der Waals surface area contributed by atoms with Crippen LogP contribution in [0.1, 0.15) is 35.7 Å². The van der Waals surface area contributed by atoms with Crippen molar-refractivity contribution in [2.24, 2.45) is 5.73 Å². The minimum atomic E-state index is -0.505. The van der Waals surface area contributed by atoms with E-state index in [9.17, 15) is 9.18 Å². The normalized spacial score (nSPS) is 15.5. The van der Waals surface area contributed by atoms with Gasteiger partial charge < -0.3 is 10.5 Å². The SMILES string of the molecule is CC1(c2ccc(Oc3ccc(C(N)=O)cc3)c(F)c2)CC1. The summed E-state index contributed by atoms with van der Waals surface area (Å²) in [7, 11) is 0. The lowest BCUT2D eigenvalue weighted by Gasteiger charge is -2.12. The van der Waals surface area contributed by atoms with Crippen molar-refractivity contribution in [1.82, 2.24) is 0 Å². The molecule has 0 aliphatic heterocycles. The van der Waals surface area contributed by atoms with Crippen LogP contribution in [0, 0.1) is 5.82 Å². The first-order valence-electron chi connectivity index (χ1n) is 6.86. The molecule has 0 saturated heterocycles. The highest BCUT2D eigenvalue weighted by molar-refractivity contribution is 5.92. The van der Waals surface area contributed by atoms with Crippen LogP contribution in [-0.2, 0) is 5.41 Å². The summed E-state index contributed by atoms with van der Waals surface area (Å²) < 4.78 is 19.6. The Balaban J connectivity index is 1.79. The van der Waals surface area contributed by atoms with Gasteiger partial charge in [-0.1, -0.05) is 13.0 Å². The zero-order valence-electron chi connectivity index (χ0n) is 11.7. The maximum Gasteiger partial charge on any atom is 0.248 e. The number of halogens is 1. The second kappa shape index (κ2) is 4.88. The summed E-state index contributed by atoms with van der Waals surface area (Å²) in [6.07, 6.45) is 2.20. The van der Waals surface area contributed by atoms with E-state index in [-0.39, 0.29) is 17.0 Å². The summed E-state index contributed by atoms with van der Waals surface area (Å²) in [5, 5.41) is 0. The van der Waals surface area contributed by atoms with Crippen molar-refractivity contribution in [3.05, 3.63) is 59.4 Å². The van der Waals surface area contributed by atoms with Gasteiger partial charge in [0.05, 0.1) is 0 Å². The second-order valence-corrected chi connectivity index (χ2v) is 5.70. The van der Waals surface area contributed by atoms with E-state index in [4.69, 9.17) is 10.5 Å². The highest BCUT2D eigenvalue weighted by Gasteiger charge is 2.39. The Labute approximate surface area is 122 Å². The van der Waals surface area contributed by atoms with E-state index in [0.29, 0.717) is 11.3 Å². The van der Waals surface area contributed by atoms with E-state index in [1.165, 1.54) is 0 Å². The van der Waals surface area contributed by atoms with Gasteiger partial charge in [-0.2, -0.15) is 0 Å². The molecule has 1 fully saturated rings. The number of carbonyl (C=O) groups excluding carboxylic acids is 1. The maximum atomic E-state index is 14.1. The third-order valence-electron chi connectivity index (χ3n) is 4.00. The Kier molecular flexibility index (Phi) is 3.16. The van der Waals surface area contributed by atoms with Gasteiger partial charge in [-0.05, 0) is 60.2 Å². The minimum Gasteiger partial charge on any atom is -0.454 e. The molecular formula is C17H16FNO2. The summed E-state index contributed by atoms with van der Waals surface area (Å²) in [6.45, 7) is 2.13.